The molecule has 3 amide bonds. The number of fused-ring (bicyclic) bond motifs is 1. The van der Waals surface area contributed by atoms with E-state index >= 15 is 0 Å². The fourth-order valence-electron chi connectivity index (χ4n) is 4.91. The Morgan fingerprint density at radius 2 is 1.85 bits per heavy atom. The van der Waals surface area contributed by atoms with Crippen molar-refractivity contribution in [3.05, 3.63) is 73.1 Å². The number of para-hydroxylation sites is 3. The number of imidazole rings is 1. The minimum Gasteiger partial charge on any atom is -0.342 e. The van der Waals surface area contributed by atoms with E-state index in [0.717, 1.165) is 40.8 Å². The van der Waals surface area contributed by atoms with Crippen LogP contribution in [0.1, 0.15) is 32.0 Å². The van der Waals surface area contributed by atoms with E-state index in [-0.39, 0.29) is 28.9 Å². The number of carbonyl (C=O) groups excluding carboxylic acids is 2. The molecule has 3 heterocycles. The van der Waals surface area contributed by atoms with Gasteiger partial charge in [-0.05, 0) is 25.1 Å². The number of hydrogen-bond donors (Lipinski definition) is 2. The number of nitrogens with one attached hydrogen (secondary N) is 2. The Labute approximate surface area is 197 Å². The van der Waals surface area contributed by atoms with E-state index in [9.17, 15) is 9.59 Å². The Balaban J connectivity index is 1.38. The van der Waals surface area contributed by atoms with Crippen LogP contribution >= 0.6 is 0 Å². The number of nitrogens with zero attached hydrogens (tertiary/aromatic N) is 4. The highest BCUT2D eigenvalue weighted by atomic mass is 16.2. The second kappa shape index (κ2) is 9.15. The Kier molecular flexibility index (Phi) is 5.90. The minimum absolute atomic E-state index is 0.0801. The molecule has 2 aromatic heterocycles. The first-order valence-corrected chi connectivity index (χ1v) is 11.6. The lowest BCUT2D eigenvalue weighted by Gasteiger charge is -2.33. The zero-order valence-corrected chi connectivity index (χ0v) is 19.1. The molecule has 0 spiro atoms. The molecular weight excluding hydrogens is 428 g/mol. The molecule has 8 nitrogen and oxygen atoms in total. The first-order valence-electron chi connectivity index (χ1n) is 11.6. The number of anilines is 1. The third-order valence-electron chi connectivity index (χ3n) is 6.75. The third kappa shape index (κ3) is 3.97. The Morgan fingerprint density at radius 3 is 2.62 bits per heavy atom. The average Bonchev–Trinajstić information content (AvgIpc) is 3.47. The number of amides is 3. The topological polar surface area (TPSA) is 101 Å². The summed E-state index contributed by atoms with van der Waals surface area (Å²) in [5.74, 6) is 0.679. The zero-order chi connectivity index (χ0) is 23.5. The highest BCUT2D eigenvalue weighted by molar-refractivity contribution is 5.96. The molecule has 4 aromatic rings. The van der Waals surface area contributed by atoms with Crippen molar-refractivity contribution in [1.82, 2.24) is 19.9 Å². The van der Waals surface area contributed by atoms with Crippen molar-refractivity contribution in [2.75, 3.05) is 11.9 Å². The summed E-state index contributed by atoms with van der Waals surface area (Å²) in [6.45, 7) is 2.49. The number of aromatic nitrogens is 4. The van der Waals surface area contributed by atoms with Gasteiger partial charge in [-0.15, -0.1) is 0 Å². The maximum atomic E-state index is 13.7. The van der Waals surface area contributed by atoms with Crippen LogP contribution in [0.2, 0.25) is 0 Å². The number of likely N-dealkylation sites (tertiary alicyclic amines) is 1. The van der Waals surface area contributed by atoms with E-state index in [1.54, 1.807) is 12.4 Å². The van der Waals surface area contributed by atoms with Crippen molar-refractivity contribution >= 4 is 28.7 Å². The van der Waals surface area contributed by atoms with Crippen LogP contribution in [-0.2, 0) is 11.2 Å². The van der Waals surface area contributed by atoms with E-state index in [0.29, 0.717) is 18.7 Å². The molecule has 2 atom stereocenters. The lowest BCUT2D eigenvalue weighted by molar-refractivity contribution is -0.782. The molecule has 1 saturated heterocycles. The van der Waals surface area contributed by atoms with Crippen molar-refractivity contribution in [1.29, 1.82) is 0 Å². The largest absolute Gasteiger partial charge is 0.428 e. The first kappa shape index (κ1) is 21.9. The summed E-state index contributed by atoms with van der Waals surface area (Å²) in [5, 5.41) is 3.06. The summed E-state index contributed by atoms with van der Waals surface area (Å²) in [4.78, 5) is 43.4. The van der Waals surface area contributed by atoms with Gasteiger partial charge in [-0.25, -0.2) is 24.5 Å². The molecule has 172 valence electrons. The fourth-order valence-corrected chi connectivity index (χ4v) is 4.91. The van der Waals surface area contributed by atoms with Crippen LogP contribution in [0.15, 0.2) is 67.3 Å². The van der Waals surface area contributed by atoms with Gasteiger partial charge in [-0.2, -0.15) is 4.48 Å². The van der Waals surface area contributed by atoms with Gasteiger partial charge in [0.1, 0.15) is 18.2 Å². The van der Waals surface area contributed by atoms with Crippen LogP contribution in [0.4, 0.5) is 10.5 Å². The molecule has 1 aliphatic rings. The molecule has 0 aliphatic carbocycles. The summed E-state index contributed by atoms with van der Waals surface area (Å²) in [5.41, 5.74) is 4.08. The van der Waals surface area contributed by atoms with Gasteiger partial charge in [0.25, 0.3) is 0 Å². The van der Waals surface area contributed by atoms with Crippen LogP contribution in [-0.4, -0.2) is 48.9 Å². The van der Waals surface area contributed by atoms with Gasteiger partial charge in [-0.3, -0.25) is 5.32 Å². The highest BCUT2D eigenvalue weighted by Gasteiger charge is 2.52. The Bertz CT molecular complexity index is 1300. The van der Waals surface area contributed by atoms with Gasteiger partial charge >= 0.3 is 11.9 Å². The molecule has 0 radical (unpaired) electrons. The van der Waals surface area contributed by atoms with Crippen LogP contribution in [0.5, 0.6) is 0 Å². The van der Waals surface area contributed by atoms with Gasteiger partial charge < -0.3 is 4.98 Å². The van der Waals surface area contributed by atoms with Gasteiger partial charge in [0.2, 0.25) is 0 Å². The summed E-state index contributed by atoms with van der Waals surface area (Å²) < 4.78 is -0.195. The quantitative estimate of drug-likeness (QED) is 0.425. The fraction of sp³-hybridized carbons (Fsp3) is 0.269. The van der Waals surface area contributed by atoms with Crippen LogP contribution < -0.4 is 5.32 Å². The van der Waals surface area contributed by atoms with Crippen molar-refractivity contribution in [3.63, 3.8) is 0 Å². The monoisotopic (exact) mass is 455 g/mol. The Morgan fingerprint density at radius 1 is 1.09 bits per heavy atom. The maximum Gasteiger partial charge on any atom is 0.428 e. The molecule has 1 aliphatic heterocycles. The normalized spacial score (nSPS) is 19.9. The predicted molar refractivity (Wildman–Crippen MR) is 130 cm³/mol. The molecule has 5 rings (SSSR count). The molecular formula is C26H27N6O2+. The van der Waals surface area contributed by atoms with Gasteiger partial charge in [0, 0.05) is 42.8 Å². The number of carbonyl (C=O) groups is 2. The number of benzene rings is 2. The zero-order valence-electron chi connectivity index (χ0n) is 19.1. The van der Waals surface area contributed by atoms with E-state index in [1.807, 2.05) is 55.5 Å². The van der Waals surface area contributed by atoms with Gasteiger partial charge in [0.05, 0.1) is 29.7 Å². The number of aromatic amines is 1. The lowest BCUT2D eigenvalue weighted by atomic mass is 10.1. The molecule has 1 fully saturated rings. The number of imide groups is 1. The summed E-state index contributed by atoms with van der Waals surface area (Å²) in [7, 11) is 0. The van der Waals surface area contributed by atoms with Crippen LogP contribution in [0, 0.1) is 0 Å². The number of H-pyrrole nitrogens is 1. The minimum atomic E-state index is -0.288. The molecule has 1 unspecified atom stereocenters. The third-order valence-corrected chi connectivity index (χ3v) is 6.75. The number of aryl methyl sites for hydroxylation is 1. The molecule has 0 saturated carbocycles. The SMILES string of the molecule is C[C@@H]1CCC[N+]1(C(=O)CCc1nc2ccccc2[nH]1)C(=O)Nc1ccccc1-c1cncnc1. The maximum absolute atomic E-state index is 13.7. The second-order valence-electron chi connectivity index (χ2n) is 8.78. The van der Waals surface area contributed by atoms with E-state index in [1.165, 1.54) is 6.33 Å². The number of rotatable bonds is 5. The summed E-state index contributed by atoms with van der Waals surface area (Å²) in [6.07, 6.45) is 7.25. The van der Waals surface area contributed by atoms with E-state index < -0.39 is 0 Å². The molecule has 8 heteroatoms. The molecule has 34 heavy (non-hydrogen) atoms. The molecule has 2 aromatic carbocycles. The van der Waals surface area contributed by atoms with Crippen molar-refractivity contribution in [3.8, 4) is 11.1 Å². The highest BCUT2D eigenvalue weighted by Crippen LogP contribution is 2.33. The van der Waals surface area contributed by atoms with E-state index in [4.69, 9.17) is 0 Å². The molecule has 2 N–H and O–H groups in total. The van der Waals surface area contributed by atoms with Crippen molar-refractivity contribution < 1.29 is 14.1 Å². The van der Waals surface area contributed by atoms with Crippen LogP contribution in [0.25, 0.3) is 22.2 Å². The second-order valence-corrected chi connectivity index (χ2v) is 8.78. The lowest BCUT2D eigenvalue weighted by Crippen LogP contribution is -2.60. The first-order chi connectivity index (χ1) is 16.6. The Hall–Kier alpha value is -3.91. The van der Waals surface area contributed by atoms with Crippen molar-refractivity contribution in [2.24, 2.45) is 0 Å². The standard InChI is InChI=1S/C26H26N6O2/c1-18-7-6-14-32(18,25(33)13-12-24-29-22-10-4-5-11-23(22)30-24)26(34)31-21-9-3-2-8-20(21)19-15-27-17-28-16-19/h2-5,8-11,15-18H,6-7,12-14H2,1H3,(H-,29,30,31,34)/p+1/t18-,32?/m1/s1. The predicted octanol–water partition coefficient (Wildman–Crippen LogP) is 4.71. The number of quaternary nitrogens is 1. The molecule has 0 bridgehead atoms. The summed E-state index contributed by atoms with van der Waals surface area (Å²) in [6, 6.07) is 14.9. The number of hydrogen-bond acceptors (Lipinski definition) is 5. The summed E-state index contributed by atoms with van der Waals surface area (Å²) >= 11 is 0. The van der Waals surface area contributed by atoms with Crippen molar-refractivity contribution in [2.45, 2.75) is 38.6 Å². The van der Waals surface area contributed by atoms with Gasteiger partial charge in [-0.1, -0.05) is 30.3 Å². The average molecular weight is 456 g/mol. The number of urea groups is 1. The van der Waals surface area contributed by atoms with Crippen LogP contribution in [0.3, 0.4) is 0 Å². The van der Waals surface area contributed by atoms with Gasteiger partial charge in [0.15, 0.2) is 0 Å². The smallest absolute Gasteiger partial charge is 0.342 e. The van der Waals surface area contributed by atoms with E-state index in [2.05, 4.69) is 25.3 Å².